The molecule has 0 aliphatic heterocycles. The summed E-state index contributed by atoms with van der Waals surface area (Å²) in [7, 11) is 0. The van der Waals surface area contributed by atoms with Gasteiger partial charge in [0.25, 0.3) is 0 Å². The second kappa shape index (κ2) is 9.22. The van der Waals surface area contributed by atoms with Crippen molar-refractivity contribution in [1.82, 2.24) is 0 Å². The van der Waals surface area contributed by atoms with Gasteiger partial charge in [-0.1, -0.05) is 26.0 Å². The first-order chi connectivity index (χ1) is 12.7. The number of rotatable bonds is 8. The minimum Gasteiger partial charge on any atom is -0.489 e. The standard InChI is InChI=1S/C21H24Br2O4/c1-13-9-15(10-14(2)19(13)26-7-5-24)21(3,4)16-11-17(22)20(18(23)12-16)27-8-6-25/h5,9-12,25H,6-8H2,1-4H3. The van der Waals surface area contributed by atoms with Crippen molar-refractivity contribution in [2.24, 2.45) is 0 Å². The fourth-order valence-corrected chi connectivity index (χ4v) is 4.44. The highest BCUT2D eigenvalue weighted by Gasteiger charge is 2.26. The lowest BCUT2D eigenvalue weighted by atomic mass is 9.77. The molecule has 0 spiro atoms. The molecule has 0 aliphatic rings. The van der Waals surface area contributed by atoms with Gasteiger partial charge in [-0.15, -0.1) is 0 Å². The van der Waals surface area contributed by atoms with E-state index in [4.69, 9.17) is 14.6 Å². The number of carbonyl (C=O) groups excluding carboxylic acids is 1. The van der Waals surface area contributed by atoms with Crippen molar-refractivity contribution in [2.45, 2.75) is 33.1 Å². The van der Waals surface area contributed by atoms with E-state index in [0.29, 0.717) is 5.75 Å². The Morgan fingerprint density at radius 1 is 0.963 bits per heavy atom. The minimum atomic E-state index is -0.265. The first-order valence-electron chi connectivity index (χ1n) is 8.63. The molecule has 0 fully saturated rings. The summed E-state index contributed by atoms with van der Waals surface area (Å²) < 4.78 is 12.8. The Labute approximate surface area is 177 Å². The van der Waals surface area contributed by atoms with Crippen LogP contribution >= 0.6 is 31.9 Å². The topological polar surface area (TPSA) is 55.8 Å². The van der Waals surface area contributed by atoms with Crippen molar-refractivity contribution >= 4 is 38.1 Å². The Bertz CT molecular complexity index is 785. The van der Waals surface area contributed by atoms with E-state index in [1.165, 1.54) is 0 Å². The zero-order valence-corrected chi connectivity index (χ0v) is 19.1. The maximum absolute atomic E-state index is 10.6. The van der Waals surface area contributed by atoms with E-state index in [-0.39, 0.29) is 25.2 Å². The highest BCUT2D eigenvalue weighted by Crippen LogP contribution is 2.42. The maximum atomic E-state index is 10.6. The summed E-state index contributed by atoms with van der Waals surface area (Å²) in [4.78, 5) is 10.6. The van der Waals surface area contributed by atoms with Crippen LogP contribution in [0.25, 0.3) is 0 Å². The summed E-state index contributed by atoms with van der Waals surface area (Å²) in [6, 6.07) is 8.29. The molecule has 27 heavy (non-hydrogen) atoms. The molecule has 2 aromatic carbocycles. The van der Waals surface area contributed by atoms with Gasteiger partial charge in [-0.25, -0.2) is 0 Å². The number of halogens is 2. The van der Waals surface area contributed by atoms with E-state index in [0.717, 1.165) is 43.2 Å². The number of aryl methyl sites for hydroxylation is 2. The molecule has 0 aliphatic carbocycles. The Hall–Kier alpha value is -1.37. The highest BCUT2D eigenvalue weighted by molar-refractivity contribution is 9.11. The molecule has 0 atom stereocenters. The van der Waals surface area contributed by atoms with Gasteiger partial charge in [-0.2, -0.15) is 0 Å². The highest BCUT2D eigenvalue weighted by atomic mass is 79.9. The molecule has 6 heteroatoms. The number of aliphatic hydroxyl groups is 1. The molecule has 0 radical (unpaired) electrons. The molecule has 0 aromatic heterocycles. The summed E-state index contributed by atoms with van der Waals surface area (Å²) >= 11 is 7.14. The van der Waals surface area contributed by atoms with E-state index < -0.39 is 0 Å². The van der Waals surface area contributed by atoms with E-state index in [9.17, 15) is 4.79 Å². The maximum Gasteiger partial charge on any atom is 0.157 e. The van der Waals surface area contributed by atoms with Crippen LogP contribution in [0.3, 0.4) is 0 Å². The first-order valence-corrected chi connectivity index (χ1v) is 10.2. The second-order valence-corrected chi connectivity index (χ2v) is 8.59. The molecule has 2 aromatic rings. The summed E-state index contributed by atoms with van der Waals surface area (Å²) in [5.41, 5.74) is 4.00. The first kappa shape index (κ1) is 21.9. The van der Waals surface area contributed by atoms with Gasteiger partial charge < -0.3 is 14.6 Å². The summed E-state index contributed by atoms with van der Waals surface area (Å²) in [5.74, 6) is 1.44. The molecule has 0 bridgehead atoms. The number of hydrogen-bond donors (Lipinski definition) is 1. The van der Waals surface area contributed by atoms with E-state index in [2.05, 4.69) is 57.8 Å². The summed E-state index contributed by atoms with van der Waals surface area (Å²) in [6.07, 6.45) is 0.756. The minimum absolute atomic E-state index is 0.0385. The van der Waals surface area contributed by atoms with Crippen molar-refractivity contribution in [3.05, 3.63) is 55.5 Å². The van der Waals surface area contributed by atoms with Crippen LogP contribution in [0, 0.1) is 13.8 Å². The van der Waals surface area contributed by atoms with Crippen molar-refractivity contribution in [3.8, 4) is 11.5 Å². The number of aldehydes is 1. The second-order valence-electron chi connectivity index (χ2n) is 6.88. The van der Waals surface area contributed by atoms with Gasteiger partial charge in [0, 0.05) is 5.41 Å². The molecule has 146 valence electrons. The fourth-order valence-electron chi connectivity index (χ4n) is 3.03. The molecule has 2 rings (SSSR count). The molecule has 0 saturated heterocycles. The van der Waals surface area contributed by atoms with E-state index >= 15 is 0 Å². The number of aliphatic hydroxyl groups excluding tert-OH is 1. The molecule has 1 N–H and O–H groups in total. The third-order valence-electron chi connectivity index (χ3n) is 4.54. The number of benzene rings is 2. The van der Waals surface area contributed by atoms with Crippen molar-refractivity contribution < 1.29 is 19.4 Å². The zero-order chi connectivity index (χ0) is 20.2. The largest absolute Gasteiger partial charge is 0.489 e. The van der Waals surface area contributed by atoms with Crippen LogP contribution in [-0.2, 0) is 10.2 Å². The van der Waals surface area contributed by atoms with Crippen molar-refractivity contribution in [3.63, 3.8) is 0 Å². The van der Waals surface area contributed by atoms with Gasteiger partial charge >= 0.3 is 0 Å². The van der Waals surface area contributed by atoms with Crippen LogP contribution in [0.4, 0.5) is 0 Å². The average Bonchev–Trinajstić information content (AvgIpc) is 2.60. The monoisotopic (exact) mass is 498 g/mol. The number of hydrogen-bond acceptors (Lipinski definition) is 4. The lowest BCUT2D eigenvalue weighted by molar-refractivity contribution is -0.109. The van der Waals surface area contributed by atoms with E-state index in [1.807, 2.05) is 26.0 Å². The van der Waals surface area contributed by atoms with Gasteiger partial charge in [0.15, 0.2) is 6.29 Å². The molecule has 0 unspecified atom stereocenters. The SMILES string of the molecule is Cc1cc(C(C)(C)c2cc(Br)c(OCCO)c(Br)c2)cc(C)c1OCC=O. The van der Waals surface area contributed by atoms with Gasteiger partial charge in [-0.05, 0) is 80.1 Å². The number of carbonyl (C=O) groups is 1. The van der Waals surface area contributed by atoms with Crippen LogP contribution in [0.15, 0.2) is 33.2 Å². The predicted molar refractivity (Wildman–Crippen MR) is 114 cm³/mol. The van der Waals surface area contributed by atoms with Crippen LogP contribution in [-0.4, -0.2) is 31.2 Å². The van der Waals surface area contributed by atoms with Crippen molar-refractivity contribution in [1.29, 1.82) is 0 Å². The molecular weight excluding hydrogens is 476 g/mol. The lowest BCUT2D eigenvalue weighted by Gasteiger charge is -2.29. The quantitative estimate of drug-likeness (QED) is 0.513. The molecule has 4 nitrogen and oxygen atoms in total. The Balaban J connectivity index is 2.45. The smallest absolute Gasteiger partial charge is 0.157 e. The Kier molecular flexibility index (Phi) is 7.48. The zero-order valence-electron chi connectivity index (χ0n) is 15.9. The average molecular weight is 500 g/mol. The predicted octanol–water partition coefficient (Wildman–Crippen LogP) is 5.10. The van der Waals surface area contributed by atoms with Crippen LogP contribution in [0.2, 0.25) is 0 Å². The Morgan fingerprint density at radius 2 is 1.48 bits per heavy atom. The third kappa shape index (κ3) is 4.92. The van der Waals surface area contributed by atoms with Crippen LogP contribution < -0.4 is 9.47 Å². The molecule has 0 amide bonds. The summed E-state index contributed by atoms with van der Waals surface area (Å²) in [6.45, 7) is 8.56. The number of ether oxygens (including phenoxy) is 2. The molecule has 0 heterocycles. The van der Waals surface area contributed by atoms with Gasteiger partial charge in [0.2, 0.25) is 0 Å². The molecular formula is C21H24Br2O4. The normalized spacial score (nSPS) is 11.4. The summed E-state index contributed by atoms with van der Waals surface area (Å²) in [5, 5.41) is 8.99. The van der Waals surface area contributed by atoms with Crippen LogP contribution in [0.1, 0.15) is 36.1 Å². The van der Waals surface area contributed by atoms with Gasteiger partial charge in [-0.3, -0.25) is 4.79 Å². The Morgan fingerprint density at radius 3 is 1.96 bits per heavy atom. The van der Waals surface area contributed by atoms with E-state index in [1.54, 1.807) is 0 Å². The van der Waals surface area contributed by atoms with Gasteiger partial charge in [0.1, 0.15) is 24.7 Å². The fraction of sp³-hybridized carbons (Fsp3) is 0.381. The third-order valence-corrected chi connectivity index (χ3v) is 5.71. The van der Waals surface area contributed by atoms with Crippen LogP contribution in [0.5, 0.6) is 11.5 Å². The molecule has 0 saturated carbocycles. The van der Waals surface area contributed by atoms with Crippen molar-refractivity contribution in [2.75, 3.05) is 19.8 Å². The lowest BCUT2D eigenvalue weighted by Crippen LogP contribution is -2.20. The van der Waals surface area contributed by atoms with Gasteiger partial charge in [0.05, 0.1) is 15.6 Å².